The van der Waals surface area contributed by atoms with Crippen LogP contribution in [0.15, 0.2) is 97.2 Å². The molecule has 0 aliphatic heterocycles. The summed E-state index contributed by atoms with van der Waals surface area (Å²) in [7, 11) is 0. The van der Waals surface area contributed by atoms with Crippen LogP contribution in [0.5, 0.6) is 0 Å². The zero-order valence-electron chi connectivity index (χ0n) is 40.1. The fourth-order valence-electron chi connectivity index (χ4n) is 6.67. The summed E-state index contributed by atoms with van der Waals surface area (Å²) in [6.07, 6.45) is 65.3. The Morgan fingerprint density at radius 3 is 1.19 bits per heavy atom. The standard InChI is InChI=1S/C56H92O6/c1-4-7-10-13-16-19-22-25-28-31-34-37-40-43-46-49-55(58)61-52-53(51-60-54(57)48-45-42-39-36-33-30-27-24-21-18-15-12-9-6-3)62-56(59)50-47-44-41-38-35-32-29-26-23-20-17-14-11-8-5-2/h7,9-10,12-13,16,18-23,25,28,31,34,53H,4-6,8,11,14-15,17,24,26-27,29-30,32-33,35-52H2,1-3H3/b10-7-,12-9-,16-13-,21-18-,22-19-,23-20-,28-25-,34-31-. The maximum atomic E-state index is 12.8. The molecule has 0 heterocycles. The Morgan fingerprint density at radius 1 is 0.355 bits per heavy atom. The summed E-state index contributed by atoms with van der Waals surface area (Å²) < 4.78 is 16.7. The Morgan fingerprint density at radius 2 is 0.710 bits per heavy atom. The fraction of sp³-hybridized carbons (Fsp3) is 0.661. The molecule has 0 aromatic heterocycles. The first-order valence-corrected chi connectivity index (χ1v) is 25.3. The zero-order valence-corrected chi connectivity index (χ0v) is 40.1. The van der Waals surface area contributed by atoms with Crippen LogP contribution >= 0.6 is 0 Å². The lowest BCUT2D eigenvalue weighted by Crippen LogP contribution is -2.30. The van der Waals surface area contributed by atoms with E-state index in [4.69, 9.17) is 14.2 Å². The van der Waals surface area contributed by atoms with E-state index in [1.165, 1.54) is 89.9 Å². The molecule has 0 aromatic carbocycles. The lowest BCUT2D eigenvalue weighted by Gasteiger charge is -2.18. The second kappa shape index (κ2) is 50.0. The minimum atomic E-state index is -0.801. The maximum Gasteiger partial charge on any atom is 0.306 e. The van der Waals surface area contributed by atoms with Crippen molar-refractivity contribution in [3.05, 3.63) is 97.2 Å². The number of rotatable bonds is 44. The molecule has 0 spiro atoms. The topological polar surface area (TPSA) is 78.9 Å². The number of hydrogen-bond donors (Lipinski definition) is 0. The van der Waals surface area contributed by atoms with E-state index in [0.29, 0.717) is 19.3 Å². The number of allylic oxidation sites excluding steroid dienone is 16. The van der Waals surface area contributed by atoms with Crippen molar-refractivity contribution in [2.75, 3.05) is 13.2 Å². The van der Waals surface area contributed by atoms with Crippen LogP contribution in [0, 0.1) is 0 Å². The first kappa shape index (κ1) is 58.3. The Kier molecular flexibility index (Phi) is 47.0. The van der Waals surface area contributed by atoms with Crippen LogP contribution in [-0.4, -0.2) is 37.2 Å². The molecule has 0 aromatic rings. The molecule has 0 rings (SSSR count). The van der Waals surface area contributed by atoms with E-state index < -0.39 is 6.10 Å². The van der Waals surface area contributed by atoms with E-state index in [-0.39, 0.29) is 31.1 Å². The molecule has 0 saturated heterocycles. The Bertz CT molecular complexity index is 1260. The van der Waals surface area contributed by atoms with Crippen LogP contribution in [0.4, 0.5) is 0 Å². The summed E-state index contributed by atoms with van der Waals surface area (Å²) in [5, 5.41) is 0. The number of hydrogen-bond acceptors (Lipinski definition) is 6. The van der Waals surface area contributed by atoms with E-state index >= 15 is 0 Å². The van der Waals surface area contributed by atoms with Gasteiger partial charge in [0.05, 0.1) is 0 Å². The van der Waals surface area contributed by atoms with Crippen LogP contribution in [-0.2, 0) is 28.6 Å². The predicted octanol–water partition coefficient (Wildman–Crippen LogP) is 16.6. The van der Waals surface area contributed by atoms with Crippen molar-refractivity contribution in [2.45, 2.75) is 226 Å². The first-order chi connectivity index (χ1) is 30.5. The van der Waals surface area contributed by atoms with Crippen LogP contribution in [0.2, 0.25) is 0 Å². The Hall–Kier alpha value is -3.67. The van der Waals surface area contributed by atoms with E-state index in [9.17, 15) is 14.4 Å². The molecule has 62 heavy (non-hydrogen) atoms. The molecule has 0 aliphatic rings. The molecule has 6 heteroatoms. The molecule has 1 atom stereocenters. The van der Waals surface area contributed by atoms with Crippen LogP contribution in [0.25, 0.3) is 0 Å². The third-order valence-corrected chi connectivity index (χ3v) is 10.4. The highest BCUT2D eigenvalue weighted by Gasteiger charge is 2.19. The summed E-state index contributed by atoms with van der Waals surface area (Å²) >= 11 is 0. The van der Waals surface area contributed by atoms with Gasteiger partial charge in [-0.2, -0.15) is 0 Å². The minimum absolute atomic E-state index is 0.0984. The summed E-state index contributed by atoms with van der Waals surface area (Å²) in [6, 6.07) is 0. The van der Waals surface area contributed by atoms with Gasteiger partial charge in [-0.05, 0) is 89.9 Å². The van der Waals surface area contributed by atoms with Gasteiger partial charge in [0.1, 0.15) is 13.2 Å². The smallest absolute Gasteiger partial charge is 0.306 e. The monoisotopic (exact) mass is 861 g/mol. The summed E-state index contributed by atoms with van der Waals surface area (Å²) in [4.78, 5) is 38.0. The third-order valence-electron chi connectivity index (χ3n) is 10.4. The van der Waals surface area contributed by atoms with Gasteiger partial charge in [0, 0.05) is 19.3 Å². The highest BCUT2D eigenvalue weighted by Crippen LogP contribution is 2.14. The largest absolute Gasteiger partial charge is 0.462 e. The van der Waals surface area contributed by atoms with Crippen molar-refractivity contribution >= 4 is 17.9 Å². The van der Waals surface area contributed by atoms with Gasteiger partial charge in [0.25, 0.3) is 0 Å². The molecule has 0 saturated carbocycles. The first-order valence-electron chi connectivity index (χ1n) is 25.3. The molecular formula is C56H92O6. The van der Waals surface area contributed by atoms with Gasteiger partial charge >= 0.3 is 17.9 Å². The molecule has 0 amide bonds. The molecule has 1 unspecified atom stereocenters. The second-order valence-corrected chi connectivity index (χ2v) is 16.4. The van der Waals surface area contributed by atoms with Crippen LogP contribution in [0.3, 0.4) is 0 Å². The molecule has 352 valence electrons. The third kappa shape index (κ3) is 47.4. The maximum absolute atomic E-state index is 12.8. The fourth-order valence-corrected chi connectivity index (χ4v) is 6.67. The summed E-state index contributed by atoms with van der Waals surface area (Å²) in [5.41, 5.74) is 0. The number of carbonyl (C=O) groups is 3. The number of ether oxygens (including phenoxy) is 3. The van der Waals surface area contributed by atoms with Crippen molar-refractivity contribution in [1.29, 1.82) is 0 Å². The van der Waals surface area contributed by atoms with Crippen LogP contribution < -0.4 is 0 Å². The quantitative estimate of drug-likeness (QED) is 0.0200. The molecule has 6 nitrogen and oxygen atoms in total. The van der Waals surface area contributed by atoms with E-state index in [0.717, 1.165) is 89.9 Å². The second-order valence-electron chi connectivity index (χ2n) is 16.4. The molecule has 0 aliphatic carbocycles. The highest BCUT2D eigenvalue weighted by molar-refractivity contribution is 5.71. The average Bonchev–Trinajstić information content (AvgIpc) is 3.27. The molecule has 0 bridgehead atoms. The van der Waals surface area contributed by atoms with Crippen LogP contribution in [0.1, 0.15) is 220 Å². The Labute approximate surface area is 381 Å². The summed E-state index contributed by atoms with van der Waals surface area (Å²) in [6.45, 7) is 6.32. The van der Waals surface area contributed by atoms with Crippen molar-refractivity contribution in [3.8, 4) is 0 Å². The van der Waals surface area contributed by atoms with Crippen molar-refractivity contribution < 1.29 is 28.6 Å². The average molecular weight is 861 g/mol. The minimum Gasteiger partial charge on any atom is -0.462 e. The van der Waals surface area contributed by atoms with Gasteiger partial charge < -0.3 is 14.2 Å². The van der Waals surface area contributed by atoms with E-state index in [1.807, 2.05) is 48.6 Å². The van der Waals surface area contributed by atoms with Crippen molar-refractivity contribution in [2.24, 2.45) is 0 Å². The van der Waals surface area contributed by atoms with E-state index in [1.54, 1.807) is 0 Å². The van der Waals surface area contributed by atoms with Gasteiger partial charge in [-0.25, -0.2) is 0 Å². The zero-order chi connectivity index (χ0) is 45.1. The lowest BCUT2D eigenvalue weighted by molar-refractivity contribution is -0.167. The molecular weight excluding hydrogens is 769 g/mol. The predicted molar refractivity (Wildman–Crippen MR) is 265 cm³/mol. The lowest BCUT2D eigenvalue weighted by atomic mass is 10.1. The SMILES string of the molecule is CC\C=C/C=C\C=C/C=C\C=C/CCCCCC(=O)OCC(COC(=O)CCCCCCCCC/C=C\C/C=C\CC)OC(=O)CCCCCCCCC/C=C\CCCCCC. The van der Waals surface area contributed by atoms with Gasteiger partial charge in [-0.1, -0.05) is 208 Å². The van der Waals surface area contributed by atoms with Crippen molar-refractivity contribution in [1.82, 2.24) is 0 Å². The van der Waals surface area contributed by atoms with Gasteiger partial charge in [-0.15, -0.1) is 0 Å². The highest BCUT2D eigenvalue weighted by atomic mass is 16.6. The van der Waals surface area contributed by atoms with Gasteiger partial charge in [0.2, 0.25) is 0 Å². The van der Waals surface area contributed by atoms with Gasteiger partial charge in [0.15, 0.2) is 6.10 Å². The summed E-state index contributed by atoms with van der Waals surface area (Å²) in [5.74, 6) is -0.957. The number of unbranched alkanes of at least 4 members (excludes halogenated alkanes) is 21. The molecule has 0 fully saturated rings. The van der Waals surface area contributed by atoms with E-state index in [2.05, 4.69) is 69.4 Å². The number of esters is 3. The molecule has 0 radical (unpaired) electrons. The number of carbonyl (C=O) groups excluding carboxylic acids is 3. The Balaban J connectivity index is 4.49. The van der Waals surface area contributed by atoms with Gasteiger partial charge in [-0.3, -0.25) is 14.4 Å². The normalized spacial score (nSPS) is 12.9. The molecule has 0 N–H and O–H groups in total. The van der Waals surface area contributed by atoms with Crippen molar-refractivity contribution in [3.63, 3.8) is 0 Å².